The van der Waals surface area contributed by atoms with Gasteiger partial charge in [-0.05, 0) is 18.2 Å². The number of rotatable bonds is 7. The van der Waals surface area contributed by atoms with Crippen molar-refractivity contribution >= 4 is 6.29 Å². The molecule has 0 spiro atoms. The fraction of sp³-hybridized carbons (Fsp3) is 0.500. The minimum Gasteiger partial charge on any atom is -0.493 e. The third-order valence-electron chi connectivity index (χ3n) is 2.55. The van der Waals surface area contributed by atoms with E-state index in [-0.39, 0.29) is 0 Å². The van der Waals surface area contributed by atoms with Crippen LogP contribution in [0.5, 0.6) is 11.5 Å². The van der Waals surface area contributed by atoms with Gasteiger partial charge in [0, 0.05) is 12.0 Å². The summed E-state index contributed by atoms with van der Waals surface area (Å²) in [4.78, 5) is 10.7. The Morgan fingerprint density at radius 3 is 2.50 bits per heavy atom. The van der Waals surface area contributed by atoms with Crippen molar-refractivity contribution in [2.75, 3.05) is 41.4 Å². The van der Waals surface area contributed by atoms with E-state index >= 15 is 0 Å². The van der Waals surface area contributed by atoms with Crippen LogP contribution < -0.4 is 9.47 Å². The van der Waals surface area contributed by atoms with Crippen molar-refractivity contribution in [3.05, 3.63) is 23.8 Å². The maximum absolute atomic E-state index is 10.7. The lowest BCUT2D eigenvalue weighted by molar-refractivity contribution is -0.870. The number of carbonyl (C=O) groups is 1. The number of ether oxygens (including phenoxy) is 2. The highest BCUT2D eigenvalue weighted by molar-refractivity contribution is 5.76. The molecule has 0 aliphatic rings. The first-order valence-corrected chi connectivity index (χ1v) is 6.03. The molecule has 0 amide bonds. The third-order valence-corrected chi connectivity index (χ3v) is 2.55. The number of hydrogen-bond donors (Lipinski definition) is 0. The molecule has 0 atom stereocenters. The van der Waals surface area contributed by atoms with Gasteiger partial charge in [-0.25, -0.2) is 0 Å². The topological polar surface area (TPSA) is 35.5 Å². The van der Waals surface area contributed by atoms with Crippen molar-refractivity contribution in [1.82, 2.24) is 0 Å². The zero-order valence-corrected chi connectivity index (χ0v) is 11.6. The number of hydrogen-bond acceptors (Lipinski definition) is 3. The number of methoxy groups -OCH3 is 1. The molecule has 1 rings (SSSR count). The van der Waals surface area contributed by atoms with Crippen molar-refractivity contribution in [1.29, 1.82) is 0 Å². The van der Waals surface area contributed by atoms with Gasteiger partial charge in [-0.3, -0.25) is 4.79 Å². The van der Waals surface area contributed by atoms with E-state index in [4.69, 9.17) is 9.47 Å². The minimum atomic E-state index is 0.588. The zero-order chi connectivity index (χ0) is 13.6. The van der Waals surface area contributed by atoms with Crippen molar-refractivity contribution in [2.45, 2.75) is 6.42 Å². The molecule has 0 saturated carbocycles. The normalized spacial score (nSPS) is 11.1. The summed E-state index contributed by atoms with van der Waals surface area (Å²) in [5.41, 5.74) is 0.588. The molecular formula is C14H22NO3+. The Morgan fingerprint density at radius 2 is 1.94 bits per heavy atom. The molecular weight excluding hydrogens is 230 g/mol. The summed E-state index contributed by atoms with van der Waals surface area (Å²) in [6, 6.07) is 5.18. The fourth-order valence-corrected chi connectivity index (χ4v) is 1.60. The van der Waals surface area contributed by atoms with Crippen LogP contribution in [0.4, 0.5) is 0 Å². The van der Waals surface area contributed by atoms with Gasteiger partial charge in [0.05, 0.1) is 41.4 Å². The van der Waals surface area contributed by atoms with Crippen LogP contribution in [0.25, 0.3) is 0 Å². The maximum atomic E-state index is 10.7. The van der Waals surface area contributed by atoms with Crippen LogP contribution in [0.2, 0.25) is 0 Å². The highest BCUT2D eigenvalue weighted by Crippen LogP contribution is 2.27. The van der Waals surface area contributed by atoms with E-state index in [1.165, 1.54) is 0 Å². The van der Waals surface area contributed by atoms with Crippen LogP contribution in [-0.4, -0.2) is 52.2 Å². The molecule has 4 nitrogen and oxygen atoms in total. The number of aldehydes is 1. The van der Waals surface area contributed by atoms with Crippen molar-refractivity contribution < 1.29 is 18.8 Å². The van der Waals surface area contributed by atoms with Gasteiger partial charge in [-0.2, -0.15) is 0 Å². The molecule has 0 heterocycles. The van der Waals surface area contributed by atoms with Gasteiger partial charge in [-0.15, -0.1) is 0 Å². The Hall–Kier alpha value is -1.55. The smallest absolute Gasteiger partial charge is 0.161 e. The van der Waals surface area contributed by atoms with Crippen molar-refractivity contribution in [3.8, 4) is 11.5 Å². The molecule has 0 saturated heterocycles. The largest absolute Gasteiger partial charge is 0.493 e. The Balaban J connectivity index is 2.54. The van der Waals surface area contributed by atoms with E-state index in [9.17, 15) is 4.79 Å². The number of carbonyl (C=O) groups excluding carboxylic acids is 1. The van der Waals surface area contributed by atoms with Gasteiger partial charge in [0.25, 0.3) is 0 Å². The standard InChI is InChI=1S/C14H22NO3/c1-15(2,3)8-5-9-18-13-7-6-12(11-16)10-14(13)17-4/h6-7,10-11H,5,8-9H2,1-4H3/q+1. The number of quaternary nitrogens is 1. The summed E-state index contributed by atoms with van der Waals surface area (Å²) in [5, 5.41) is 0. The number of nitrogens with zero attached hydrogens (tertiary/aromatic N) is 1. The summed E-state index contributed by atoms with van der Waals surface area (Å²) in [6.07, 6.45) is 1.77. The molecule has 0 radical (unpaired) electrons. The van der Waals surface area contributed by atoms with Gasteiger partial charge >= 0.3 is 0 Å². The molecule has 0 N–H and O–H groups in total. The Bertz CT molecular complexity index is 397. The molecule has 0 aliphatic heterocycles. The van der Waals surface area contributed by atoms with E-state index in [0.717, 1.165) is 23.7 Å². The summed E-state index contributed by atoms with van der Waals surface area (Å²) < 4.78 is 11.8. The quantitative estimate of drug-likeness (QED) is 0.423. The SMILES string of the molecule is COc1cc(C=O)ccc1OCCC[N+](C)(C)C. The van der Waals surface area contributed by atoms with Crippen LogP contribution in [0, 0.1) is 0 Å². The molecule has 18 heavy (non-hydrogen) atoms. The van der Waals surface area contributed by atoms with E-state index in [0.29, 0.717) is 23.7 Å². The van der Waals surface area contributed by atoms with E-state index in [2.05, 4.69) is 21.1 Å². The molecule has 0 aliphatic carbocycles. The number of benzene rings is 1. The summed E-state index contributed by atoms with van der Waals surface area (Å²) in [6.45, 7) is 1.70. The van der Waals surface area contributed by atoms with Gasteiger partial charge in [-0.1, -0.05) is 0 Å². The maximum Gasteiger partial charge on any atom is 0.161 e. The van der Waals surface area contributed by atoms with Crippen LogP contribution >= 0.6 is 0 Å². The van der Waals surface area contributed by atoms with Crippen molar-refractivity contribution in [2.24, 2.45) is 0 Å². The monoisotopic (exact) mass is 252 g/mol. The molecule has 4 heteroatoms. The average Bonchev–Trinajstić information content (AvgIpc) is 2.33. The fourth-order valence-electron chi connectivity index (χ4n) is 1.60. The molecule has 0 aromatic heterocycles. The van der Waals surface area contributed by atoms with Gasteiger partial charge < -0.3 is 14.0 Å². The lowest BCUT2D eigenvalue weighted by atomic mass is 10.2. The van der Waals surface area contributed by atoms with E-state index < -0.39 is 0 Å². The summed E-state index contributed by atoms with van der Waals surface area (Å²) >= 11 is 0. The second-order valence-electron chi connectivity index (χ2n) is 5.24. The molecule has 0 fully saturated rings. The van der Waals surface area contributed by atoms with E-state index in [1.54, 1.807) is 25.3 Å². The van der Waals surface area contributed by atoms with Gasteiger partial charge in [0.2, 0.25) is 0 Å². The molecule has 1 aromatic carbocycles. The van der Waals surface area contributed by atoms with Gasteiger partial charge in [0.15, 0.2) is 11.5 Å². The highest BCUT2D eigenvalue weighted by atomic mass is 16.5. The van der Waals surface area contributed by atoms with Crippen LogP contribution in [0.3, 0.4) is 0 Å². The third kappa shape index (κ3) is 4.75. The molecule has 100 valence electrons. The molecule has 0 unspecified atom stereocenters. The first-order chi connectivity index (χ1) is 8.46. The Labute approximate surface area is 109 Å². The van der Waals surface area contributed by atoms with Gasteiger partial charge in [0.1, 0.15) is 6.29 Å². The predicted molar refractivity (Wildman–Crippen MR) is 71.4 cm³/mol. The lowest BCUT2D eigenvalue weighted by Crippen LogP contribution is -2.35. The lowest BCUT2D eigenvalue weighted by Gasteiger charge is -2.23. The average molecular weight is 252 g/mol. The Morgan fingerprint density at radius 1 is 1.22 bits per heavy atom. The van der Waals surface area contributed by atoms with Crippen molar-refractivity contribution in [3.63, 3.8) is 0 Å². The van der Waals surface area contributed by atoms with Crippen LogP contribution in [0.1, 0.15) is 16.8 Å². The molecule has 1 aromatic rings. The second kappa shape index (κ2) is 6.40. The summed E-state index contributed by atoms with van der Waals surface area (Å²) in [5.74, 6) is 1.29. The molecule has 0 bridgehead atoms. The highest BCUT2D eigenvalue weighted by Gasteiger charge is 2.08. The van der Waals surface area contributed by atoms with Crippen LogP contribution in [0.15, 0.2) is 18.2 Å². The predicted octanol–water partition coefficient (Wildman–Crippen LogP) is 1.98. The first-order valence-electron chi connectivity index (χ1n) is 6.03. The minimum absolute atomic E-state index is 0.588. The van der Waals surface area contributed by atoms with E-state index in [1.807, 2.05) is 0 Å². The zero-order valence-electron chi connectivity index (χ0n) is 11.6. The summed E-state index contributed by atoms with van der Waals surface area (Å²) in [7, 11) is 8.03. The van der Waals surface area contributed by atoms with Crippen LogP contribution in [-0.2, 0) is 0 Å². The first kappa shape index (κ1) is 14.5. The Kier molecular flexibility index (Phi) is 5.16. The second-order valence-corrected chi connectivity index (χ2v) is 5.24.